The van der Waals surface area contributed by atoms with Crippen LogP contribution in [0.2, 0.25) is 0 Å². The predicted octanol–water partition coefficient (Wildman–Crippen LogP) is 2.46. The number of nitrogens with two attached hydrogens (primary N) is 1. The lowest BCUT2D eigenvalue weighted by Crippen LogP contribution is -2.42. The molecule has 0 spiro atoms. The molecule has 120 valence electrons. The van der Waals surface area contributed by atoms with Crippen LogP contribution in [-0.4, -0.2) is 28.8 Å². The largest absolute Gasteiger partial charge is 0.341 e. The van der Waals surface area contributed by atoms with Crippen LogP contribution in [0.5, 0.6) is 0 Å². The minimum Gasteiger partial charge on any atom is -0.341 e. The second-order valence-corrected chi connectivity index (χ2v) is 5.99. The standard InChI is InChI=1S/C16H23N3O3/c1-18(11-12-7-5-6-10-15(12)19(21)22)16(20)13-8-3-2-4-9-14(13)17/h5-7,10,13-14H,2-4,8-9,11,17H2,1H3. The molecule has 1 saturated carbocycles. The van der Waals surface area contributed by atoms with Crippen LogP contribution >= 0.6 is 0 Å². The highest BCUT2D eigenvalue weighted by Crippen LogP contribution is 2.25. The normalized spacial score (nSPS) is 21.9. The second kappa shape index (κ2) is 7.35. The van der Waals surface area contributed by atoms with Gasteiger partial charge < -0.3 is 10.6 Å². The van der Waals surface area contributed by atoms with Gasteiger partial charge in [-0.2, -0.15) is 0 Å². The van der Waals surface area contributed by atoms with Crippen LogP contribution in [0.25, 0.3) is 0 Å². The topological polar surface area (TPSA) is 89.5 Å². The predicted molar refractivity (Wildman–Crippen MR) is 84.1 cm³/mol. The van der Waals surface area contributed by atoms with Crippen molar-refractivity contribution < 1.29 is 9.72 Å². The molecule has 0 radical (unpaired) electrons. The molecular formula is C16H23N3O3. The fraction of sp³-hybridized carbons (Fsp3) is 0.562. The third-order valence-electron chi connectivity index (χ3n) is 4.36. The highest BCUT2D eigenvalue weighted by Gasteiger charge is 2.29. The molecule has 2 atom stereocenters. The van der Waals surface area contributed by atoms with E-state index in [2.05, 4.69) is 0 Å². The average molecular weight is 305 g/mol. The maximum Gasteiger partial charge on any atom is 0.274 e. The van der Waals surface area contributed by atoms with E-state index in [-0.39, 0.29) is 30.1 Å². The van der Waals surface area contributed by atoms with Crippen LogP contribution in [0, 0.1) is 16.0 Å². The number of nitro benzene ring substituents is 1. The first-order chi connectivity index (χ1) is 10.5. The minimum absolute atomic E-state index is 0.00690. The molecule has 6 heteroatoms. The molecule has 1 aliphatic rings. The van der Waals surface area contributed by atoms with Crippen LogP contribution in [0.1, 0.15) is 37.7 Å². The number of benzene rings is 1. The Kier molecular flexibility index (Phi) is 5.49. The van der Waals surface area contributed by atoms with Gasteiger partial charge in [-0.1, -0.05) is 37.5 Å². The third-order valence-corrected chi connectivity index (χ3v) is 4.36. The number of carbonyl (C=O) groups is 1. The first-order valence-corrected chi connectivity index (χ1v) is 7.73. The van der Waals surface area contributed by atoms with Gasteiger partial charge in [-0.3, -0.25) is 14.9 Å². The average Bonchev–Trinajstić information content (AvgIpc) is 2.71. The Hall–Kier alpha value is -1.95. The number of amides is 1. The zero-order valence-electron chi connectivity index (χ0n) is 12.9. The van der Waals surface area contributed by atoms with Crippen LogP contribution in [0.15, 0.2) is 24.3 Å². The number of nitro groups is 1. The van der Waals surface area contributed by atoms with Crippen LogP contribution in [0.3, 0.4) is 0 Å². The van der Waals surface area contributed by atoms with E-state index in [1.165, 1.54) is 6.07 Å². The van der Waals surface area contributed by atoms with Crippen molar-refractivity contribution in [1.29, 1.82) is 0 Å². The molecule has 0 heterocycles. The Morgan fingerprint density at radius 2 is 2.00 bits per heavy atom. The number of nitrogens with zero attached hydrogens (tertiary/aromatic N) is 2. The monoisotopic (exact) mass is 305 g/mol. The molecule has 0 aromatic heterocycles. The number of para-hydroxylation sites is 1. The molecule has 6 nitrogen and oxygen atoms in total. The lowest BCUT2D eigenvalue weighted by molar-refractivity contribution is -0.385. The minimum atomic E-state index is -0.412. The molecular weight excluding hydrogens is 282 g/mol. The number of hydrogen-bond donors (Lipinski definition) is 1. The molecule has 2 unspecified atom stereocenters. The molecule has 1 aromatic carbocycles. The van der Waals surface area contributed by atoms with Gasteiger partial charge in [-0.25, -0.2) is 0 Å². The molecule has 2 N–H and O–H groups in total. The van der Waals surface area contributed by atoms with Crippen LogP contribution < -0.4 is 5.73 Å². The van der Waals surface area contributed by atoms with Gasteiger partial charge in [0, 0.05) is 24.7 Å². The van der Waals surface area contributed by atoms with E-state index in [4.69, 9.17) is 5.73 Å². The third kappa shape index (κ3) is 3.82. The quantitative estimate of drug-likeness (QED) is 0.525. The Balaban J connectivity index is 2.09. The molecule has 0 aliphatic heterocycles. The highest BCUT2D eigenvalue weighted by atomic mass is 16.6. The summed E-state index contributed by atoms with van der Waals surface area (Å²) in [6, 6.07) is 6.42. The van der Waals surface area contributed by atoms with E-state index >= 15 is 0 Å². The van der Waals surface area contributed by atoms with E-state index in [0.29, 0.717) is 5.56 Å². The van der Waals surface area contributed by atoms with Gasteiger partial charge in [-0.05, 0) is 12.8 Å². The summed E-state index contributed by atoms with van der Waals surface area (Å²) in [6.45, 7) is 0.235. The SMILES string of the molecule is CN(Cc1ccccc1[N+](=O)[O-])C(=O)C1CCCCCC1N. The maximum absolute atomic E-state index is 12.6. The van der Waals surface area contributed by atoms with Gasteiger partial charge in [-0.15, -0.1) is 0 Å². The molecule has 0 bridgehead atoms. The highest BCUT2D eigenvalue weighted by molar-refractivity contribution is 5.79. The fourth-order valence-electron chi connectivity index (χ4n) is 3.08. The van der Waals surface area contributed by atoms with Crippen molar-refractivity contribution in [2.24, 2.45) is 11.7 Å². The molecule has 22 heavy (non-hydrogen) atoms. The Labute approximate surface area is 130 Å². The van der Waals surface area contributed by atoms with Crippen molar-refractivity contribution in [3.8, 4) is 0 Å². The molecule has 1 aromatic rings. The summed E-state index contributed by atoms with van der Waals surface area (Å²) in [6.07, 6.45) is 4.88. The number of hydrogen-bond acceptors (Lipinski definition) is 4. The van der Waals surface area contributed by atoms with Gasteiger partial charge in [0.25, 0.3) is 5.69 Å². The zero-order valence-corrected chi connectivity index (χ0v) is 12.9. The van der Waals surface area contributed by atoms with Gasteiger partial charge in [0.1, 0.15) is 0 Å². The summed E-state index contributed by atoms with van der Waals surface area (Å²) in [4.78, 5) is 24.8. The van der Waals surface area contributed by atoms with E-state index in [1.807, 2.05) is 0 Å². The second-order valence-electron chi connectivity index (χ2n) is 5.99. The zero-order chi connectivity index (χ0) is 16.1. The lowest BCUT2D eigenvalue weighted by atomic mass is 9.94. The fourth-order valence-corrected chi connectivity index (χ4v) is 3.08. The van der Waals surface area contributed by atoms with E-state index in [1.54, 1.807) is 30.1 Å². The summed E-state index contributed by atoms with van der Waals surface area (Å²) >= 11 is 0. The van der Waals surface area contributed by atoms with E-state index in [9.17, 15) is 14.9 Å². The summed E-state index contributed by atoms with van der Waals surface area (Å²) in [5, 5.41) is 11.1. The van der Waals surface area contributed by atoms with Crippen molar-refractivity contribution in [3.05, 3.63) is 39.9 Å². The first kappa shape index (κ1) is 16.4. The van der Waals surface area contributed by atoms with Gasteiger partial charge in [0.2, 0.25) is 5.91 Å². The molecule has 1 aliphatic carbocycles. The first-order valence-electron chi connectivity index (χ1n) is 7.73. The molecule has 2 rings (SSSR count). The molecule has 1 amide bonds. The van der Waals surface area contributed by atoms with Gasteiger partial charge >= 0.3 is 0 Å². The van der Waals surface area contributed by atoms with Crippen molar-refractivity contribution in [2.75, 3.05) is 7.05 Å². The smallest absolute Gasteiger partial charge is 0.274 e. The van der Waals surface area contributed by atoms with Gasteiger partial charge in [0.15, 0.2) is 0 Å². The molecule has 0 saturated heterocycles. The Morgan fingerprint density at radius 1 is 1.32 bits per heavy atom. The summed E-state index contributed by atoms with van der Waals surface area (Å²) in [5.41, 5.74) is 6.73. The Bertz CT molecular complexity index is 547. The number of rotatable bonds is 4. The van der Waals surface area contributed by atoms with Crippen molar-refractivity contribution in [2.45, 2.75) is 44.7 Å². The van der Waals surface area contributed by atoms with E-state index < -0.39 is 4.92 Å². The van der Waals surface area contributed by atoms with Crippen LogP contribution in [-0.2, 0) is 11.3 Å². The Morgan fingerprint density at radius 3 is 2.73 bits per heavy atom. The maximum atomic E-state index is 12.6. The summed E-state index contributed by atoms with van der Waals surface area (Å²) in [7, 11) is 1.69. The molecule has 1 fully saturated rings. The van der Waals surface area contributed by atoms with Crippen molar-refractivity contribution in [3.63, 3.8) is 0 Å². The number of carbonyl (C=O) groups excluding carboxylic acids is 1. The van der Waals surface area contributed by atoms with E-state index in [0.717, 1.165) is 32.1 Å². The van der Waals surface area contributed by atoms with Crippen molar-refractivity contribution >= 4 is 11.6 Å². The van der Waals surface area contributed by atoms with Crippen molar-refractivity contribution in [1.82, 2.24) is 4.90 Å². The summed E-state index contributed by atoms with van der Waals surface area (Å²) < 4.78 is 0. The summed E-state index contributed by atoms with van der Waals surface area (Å²) in [5.74, 6) is -0.178. The van der Waals surface area contributed by atoms with Crippen LogP contribution in [0.4, 0.5) is 5.69 Å². The lowest BCUT2D eigenvalue weighted by Gasteiger charge is -2.26. The van der Waals surface area contributed by atoms with Gasteiger partial charge in [0.05, 0.1) is 17.4 Å².